The highest BCUT2D eigenvalue weighted by Crippen LogP contribution is 2.32. The third kappa shape index (κ3) is 4.63. The van der Waals surface area contributed by atoms with Crippen molar-refractivity contribution < 1.29 is 14.3 Å². The topological polar surface area (TPSA) is 47.6 Å². The number of thioether (sulfide) groups is 1. The van der Waals surface area contributed by atoms with E-state index in [2.05, 4.69) is 12.2 Å². The molecular weight excluding hydrogens is 274 g/mol. The zero-order chi connectivity index (χ0) is 14.2. The first-order valence-corrected chi connectivity index (χ1v) is 8.22. The largest absolute Gasteiger partial charge is 0.490 e. The molecule has 0 atom stereocenters. The van der Waals surface area contributed by atoms with Gasteiger partial charge in [0.2, 0.25) is 5.91 Å². The molecule has 110 valence electrons. The summed E-state index contributed by atoms with van der Waals surface area (Å²) in [6, 6.07) is 5.53. The molecule has 0 spiro atoms. The number of ether oxygens (including phenoxy) is 2. The average molecular weight is 295 g/mol. The lowest BCUT2D eigenvalue weighted by Crippen LogP contribution is -2.14. The molecule has 0 saturated heterocycles. The Labute approximate surface area is 124 Å². The molecule has 5 heteroatoms. The maximum absolute atomic E-state index is 11.8. The van der Waals surface area contributed by atoms with Crippen molar-refractivity contribution in [3.05, 3.63) is 18.2 Å². The first-order valence-electron chi connectivity index (χ1n) is 7.07. The predicted molar refractivity (Wildman–Crippen MR) is 82.9 cm³/mol. The van der Waals surface area contributed by atoms with E-state index >= 15 is 0 Å². The Morgan fingerprint density at radius 2 is 2.10 bits per heavy atom. The second-order valence-corrected chi connectivity index (χ2v) is 5.77. The summed E-state index contributed by atoms with van der Waals surface area (Å²) in [4.78, 5) is 11.8. The van der Waals surface area contributed by atoms with Crippen LogP contribution in [0.25, 0.3) is 0 Å². The number of fused-ring (bicyclic) bond motifs is 1. The molecule has 1 aliphatic heterocycles. The zero-order valence-corrected chi connectivity index (χ0v) is 12.6. The van der Waals surface area contributed by atoms with Crippen molar-refractivity contribution in [1.82, 2.24) is 0 Å². The van der Waals surface area contributed by atoms with Gasteiger partial charge >= 0.3 is 0 Å². The van der Waals surface area contributed by atoms with E-state index in [1.54, 1.807) is 11.8 Å². The second kappa shape index (κ2) is 8.04. The van der Waals surface area contributed by atoms with Crippen LogP contribution in [0.15, 0.2) is 18.2 Å². The highest BCUT2D eigenvalue weighted by molar-refractivity contribution is 7.99. The second-order valence-electron chi connectivity index (χ2n) is 4.67. The van der Waals surface area contributed by atoms with E-state index in [9.17, 15) is 4.79 Å². The van der Waals surface area contributed by atoms with E-state index in [0.717, 1.165) is 36.5 Å². The van der Waals surface area contributed by atoms with Crippen LogP contribution in [0.2, 0.25) is 0 Å². The normalized spacial score (nSPS) is 13.7. The first kappa shape index (κ1) is 15.0. The van der Waals surface area contributed by atoms with Crippen molar-refractivity contribution in [1.29, 1.82) is 0 Å². The standard InChI is InChI=1S/C15H21NO3S/c1-2-3-9-20-11-15(17)16-12-5-6-13-14(10-12)19-8-4-7-18-13/h5-6,10H,2-4,7-9,11H2,1H3,(H,16,17). The van der Waals surface area contributed by atoms with Crippen molar-refractivity contribution in [2.45, 2.75) is 26.2 Å². The monoisotopic (exact) mass is 295 g/mol. The van der Waals surface area contributed by atoms with E-state index in [1.165, 1.54) is 0 Å². The van der Waals surface area contributed by atoms with Crippen LogP contribution in [0.4, 0.5) is 5.69 Å². The quantitative estimate of drug-likeness (QED) is 0.818. The Bertz CT molecular complexity index is 451. The average Bonchev–Trinajstić information content (AvgIpc) is 2.68. The van der Waals surface area contributed by atoms with Gasteiger partial charge in [0.05, 0.1) is 19.0 Å². The molecule has 1 N–H and O–H groups in total. The molecule has 0 bridgehead atoms. The van der Waals surface area contributed by atoms with Crippen molar-refractivity contribution in [2.24, 2.45) is 0 Å². The van der Waals surface area contributed by atoms with Crippen LogP contribution in [-0.4, -0.2) is 30.6 Å². The number of amides is 1. The van der Waals surface area contributed by atoms with Gasteiger partial charge in [-0.1, -0.05) is 13.3 Å². The highest BCUT2D eigenvalue weighted by atomic mass is 32.2. The molecule has 4 nitrogen and oxygen atoms in total. The van der Waals surface area contributed by atoms with Gasteiger partial charge in [-0.05, 0) is 24.3 Å². The fourth-order valence-electron chi connectivity index (χ4n) is 1.85. The maximum atomic E-state index is 11.8. The fourth-order valence-corrected chi connectivity index (χ4v) is 2.74. The van der Waals surface area contributed by atoms with Gasteiger partial charge in [-0.15, -0.1) is 0 Å². The number of carbonyl (C=O) groups excluding carboxylic acids is 1. The summed E-state index contributed by atoms with van der Waals surface area (Å²) in [5, 5.41) is 2.89. The number of anilines is 1. The van der Waals surface area contributed by atoms with Gasteiger partial charge in [-0.2, -0.15) is 11.8 Å². The van der Waals surface area contributed by atoms with Gasteiger partial charge in [-0.3, -0.25) is 4.79 Å². The molecule has 1 aliphatic rings. The molecule has 0 aromatic heterocycles. The number of carbonyl (C=O) groups is 1. The molecule has 0 saturated carbocycles. The van der Waals surface area contributed by atoms with Crippen LogP contribution in [0.5, 0.6) is 11.5 Å². The smallest absolute Gasteiger partial charge is 0.234 e. The minimum Gasteiger partial charge on any atom is -0.490 e. The summed E-state index contributed by atoms with van der Waals surface area (Å²) in [6.45, 7) is 3.47. The molecule has 0 fully saturated rings. The summed E-state index contributed by atoms with van der Waals surface area (Å²) in [6.07, 6.45) is 3.20. The van der Waals surface area contributed by atoms with E-state index in [0.29, 0.717) is 24.7 Å². The number of benzene rings is 1. The molecule has 0 radical (unpaired) electrons. The molecule has 1 amide bonds. The lowest BCUT2D eigenvalue weighted by Gasteiger charge is -2.10. The third-order valence-electron chi connectivity index (χ3n) is 2.91. The van der Waals surface area contributed by atoms with Crippen molar-refractivity contribution in [3.63, 3.8) is 0 Å². The van der Waals surface area contributed by atoms with E-state index < -0.39 is 0 Å². The van der Waals surface area contributed by atoms with Gasteiger partial charge in [0, 0.05) is 18.2 Å². The molecule has 0 aliphatic carbocycles. The molecule has 2 rings (SSSR count). The van der Waals surface area contributed by atoms with Gasteiger partial charge in [0.15, 0.2) is 11.5 Å². The number of nitrogens with one attached hydrogen (secondary N) is 1. The van der Waals surface area contributed by atoms with E-state index in [4.69, 9.17) is 9.47 Å². The molecule has 1 aromatic rings. The Hall–Kier alpha value is -1.36. The predicted octanol–water partition coefficient (Wildman–Crippen LogP) is 3.32. The molecule has 0 unspecified atom stereocenters. The van der Waals surface area contributed by atoms with Crippen molar-refractivity contribution in [3.8, 4) is 11.5 Å². The van der Waals surface area contributed by atoms with Crippen LogP contribution < -0.4 is 14.8 Å². The zero-order valence-electron chi connectivity index (χ0n) is 11.8. The summed E-state index contributed by atoms with van der Waals surface area (Å²) in [5.74, 6) is 3.01. The maximum Gasteiger partial charge on any atom is 0.234 e. The van der Waals surface area contributed by atoms with Crippen molar-refractivity contribution >= 4 is 23.4 Å². The summed E-state index contributed by atoms with van der Waals surface area (Å²) >= 11 is 1.67. The van der Waals surface area contributed by atoms with Gasteiger partial charge in [0.1, 0.15) is 0 Å². The number of unbranched alkanes of at least 4 members (excludes halogenated alkanes) is 1. The minimum absolute atomic E-state index is 0.0283. The molecule has 1 aromatic carbocycles. The van der Waals surface area contributed by atoms with Crippen LogP contribution in [0, 0.1) is 0 Å². The van der Waals surface area contributed by atoms with E-state index in [1.807, 2.05) is 18.2 Å². The Morgan fingerprint density at radius 3 is 2.90 bits per heavy atom. The summed E-state index contributed by atoms with van der Waals surface area (Å²) < 4.78 is 11.2. The summed E-state index contributed by atoms with van der Waals surface area (Å²) in [7, 11) is 0. The third-order valence-corrected chi connectivity index (χ3v) is 3.95. The van der Waals surface area contributed by atoms with E-state index in [-0.39, 0.29) is 5.91 Å². The molecule has 1 heterocycles. The fraction of sp³-hybridized carbons (Fsp3) is 0.533. The Kier molecular flexibility index (Phi) is 6.05. The van der Waals surface area contributed by atoms with Crippen LogP contribution in [0.1, 0.15) is 26.2 Å². The van der Waals surface area contributed by atoms with Crippen LogP contribution in [-0.2, 0) is 4.79 Å². The Balaban J connectivity index is 1.86. The Morgan fingerprint density at radius 1 is 1.30 bits per heavy atom. The van der Waals surface area contributed by atoms with Crippen LogP contribution >= 0.6 is 11.8 Å². The summed E-state index contributed by atoms with van der Waals surface area (Å²) in [5.41, 5.74) is 0.760. The van der Waals surface area contributed by atoms with Gasteiger partial charge < -0.3 is 14.8 Å². The SMILES string of the molecule is CCCCSCC(=O)Nc1ccc2c(c1)OCCCO2. The number of rotatable bonds is 6. The number of hydrogen-bond acceptors (Lipinski definition) is 4. The minimum atomic E-state index is 0.0283. The number of hydrogen-bond donors (Lipinski definition) is 1. The van der Waals surface area contributed by atoms with Crippen molar-refractivity contribution in [2.75, 3.05) is 30.0 Å². The molecular formula is C15H21NO3S. The highest BCUT2D eigenvalue weighted by Gasteiger charge is 2.11. The lowest BCUT2D eigenvalue weighted by molar-refractivity contribution is -0.113. The molecule has 20 heavy (non-hydrogen) atoms. The van der Waals surface area contributed by atoms with Crippen LogP contribution in [0.3, 0.4) is 0 Å². The van der Waals surface area contributed by atoms with Gasteiger partial charge in [-0.25, -0.2) is 0 Å². The first-order chi connectivity index (χ1) is 9.79. The lowest BCUT2D eigenvalue weighted by atomic mass is 10.2. The van der Waals surface area contributed by atoms with Gasteiger partial charge in [0.25, 0.3) is 0 Å².